The van der Waals surface area contributed by atoms with Crippen molar-refractivity contribution in [2.45, 2.75) is 26.4 Å². The molecule has 0 radical (unpaired) electrons. The minimum Gasteiger partial charge on any atom is -0.444 e. The van der Waals surface area contributed by atoms with Gasteiger partial charge in [0.15, 0.2) is 0 Å². The van der Waals surface area contributed by atoms with Gasteiger partial charge in [-0.15, -0.1) is 0 Å². The summed E-state index contributed by atoms with van der Waals surface area (Å²) >= 11 is 4.99. The third-order valence-electron chi connectivity index (χ3n) is 3.29. The van der Waals surface area contributed by atoms with Crippen molar-refractivity contribution in [1.29, 1.82) is 0 Å². The number of pyridine rings is 1. The van der Waals surface area contributed by atoms with E-state index in [0.717, 1.165) is 11.4 Å². The lowest BCUT2D eigenvalue weighted by molar-refractivity contribution is 0.0240. The molecule has 0 aromatic carbocycles. The lowest BCUT2D eigenvalue weighted by atomic mass is 10.2. The van der Waals surface area contributed by atoms with E-state index < -0.39 is 5.60 Å². The molecule has 1 saturated heterocycles. The van der Waals surface area contributed by atoms with Gasteiger partial charge in [-0.25, -0.2) is 9.78 Å². The molecule has 6 nitrogen and oxygen atoms in total. The highest BCUT2D eigenvalue weighted by molar-refractivity contribution is 7.80. The van der Waals surface area contributed by atoms with Crippen LogP contribution in [0, 0.1) is 0 Å². The third-order valence-corrected chi connectivity index (χ3v) is 3.52. The Balaban J connectivity index is 1.96. The number of hydrogen-bond donors (Lipinski definition) is 1. The molecule has 1 aliphatic rings. The van der Waals surface area contributed by atoms with Crippen LogP contribution in [0.3, 0.4) is 0 Å². The normalized spacial score (nSPS) is 15.6. The van der Waals surface area contributed by atoms with Crippen LogP contribution in [0.25, 0.3) is 0 Å². The first kappa shape index (κ1) is 16.5. The number of carbonyl (C=O) groups excluding carboxylic acids is 1. The van der Waals surface area contributed by atoms with Crippen LogP contribution in [0.15, 0.2) is 18.3 Å². The molecule has 1 aliphatic heterocycles. The maximum atomic E-state index is 12.0. The minimum atomic E-state index is -0.471. The van der Waals surface area contributed by atoms with Crippen LogP contribution in [0.4, 0.5) is 10.6 Å². The van der Waals surface area contributed by atoms with Gasteiger partial charge in [-0.1, -0.05) is 12.2 Å². The number of nitrogens with two attached hydrogens (primary N) is 1. The third kappa shape index (κ3) is 4.30. The monoisotopic (exact) mass is 322 g/mol. The molecular formula is C15H22N4O2S. The summed E-state index contributed by atoms with van der Waals surface area (Å²) in [4.78, 5) is 20.6. The molecule has 0 bridgehead atoms. The number of amides is 1. The largest absolute Gasteiger partial charge is 0.444 e. The lowest BCUT2D eigenvalue weighted by Gasteiger charge is -2.36. The van der Waals surface area contributed by atoms with Crippen LogP contribution in [0.2, 0.25) is 0 Å². The van der Waals surface area contributed by atoms with Crippen molar-refractivity contribution in [2.75, 3.05) is 31.1 Å². The standard InChI is InChI=1S/C15H22N4O2S/c1-15(2,3)21-14(20)19-8-6-18(7-9-19)12-10-11(13(16)22)4-5-17-12/h4-5,10H,6-9H2,1-3H3,(H2,16,22). The number of anilines is 1. The molecule has 2 rings (SSSR count). The first-order valence-electron chi connectivity index (χ1n) is 7.25. The first-order chi connectivity index (χ1) is 10.3. The van der Waals surface area contributed by atoms with Gasteiger partial charge in [0.25, 0.3) is 0 Å². The minimum absolute atomic E-state index is 0.267. The van der Waals surface area contributed by atoms with E-state index in [2.05, 4.69) is 9.88 Å². The maximum absolute atomic E-state index is 12.0. The molecule has 7 heteroatoms. The van der Waals surface area contributed by atoms with Crippen LogP contribution in [0.5, 0.6) is 0 Å². The highest BCUT2D eigenvalue weighted by Crippen LogP contribution is 2.17. The number of aromatic nitrogens is 1. The highest BCUT2D eigenvalue weighted by atomic mass is 32.1. The smallest absolute Gasteiger partial charge is 0.410 e. The molecule has 2 heterocycles. The van der Waals surface area contributed by atoms with Crippen LogP contribution in [0.1, 0.15) is 26.3 Å². The maximum Gasteiger partial charge on any atom is 0.410 e. The average Bonchev–Trinajstić information content (AvgIpc) is 2.46. The van der Waals surface area contributed by atoms with Crippen LogP contribution >= 0.6 is 12.2 Å². The van der Waals surface area contributed by atoms with Crippen molar-refractivity contribution in [3.8, 4) is 0 Å². The van der Waals surface area contributed by atoms with Crippen molar-refractivity contribution >= 4 is 29.1 Å². The molecule has 120 valence electrons. The fourth-order valence-corrected chi connectivity index (χ4v) is 2.32. The van der Waals surface area contributed by atoms with Gasteiger partial charge in [-0.2, -0.15) is 0 Å². The summed E-state index contributed by atoms with van der Waals surface area (Å²) in [7, 11) is 0. The van der Waals surface area contributed by atoms with Gasteiger partial charge in [-0.3, -0.25) is 0 Å². The first-order valence-corrected chi connectivity index (χ1v) is 7.66. The van der Waals surface area contributed by atoms with Gasteiger partial charge in [0.2, 0.25) is 0 Å². The van der Waals surface area contributed by atoms with E-state index in [1.807, 2.05) is 26.8 Å². The van der Waals surface area contributed by atoms with Gasteiger partial charge in [0, 0.05) is 37.9 Å². The number of rotatable bonds is 2. The number of thiocarbonyl (C=S) groups is 1. The second-order valence-corrected chi connectivity index (χ2v) is 6.66. The van der Waals surface area contributed by atoms with Gasteiger partial charge >= 0.3 is 6.09 Å². The van der Waals surface area contributed by atoms with Crippen LogP contribution in [-0.4, -0.2) is 52.7 Å². The van der Waals surface area contributed by atoms with Crippen molar-refractivity contribution in [3.63, 3.8) is 0 Å². The summed E-state index contributed by atoms with van der Waals surface area (Å²) in [6.07, 6.45) is 1.43. The molecular weight excluding hydrogens is 300 g/mol. The van der Waals surface area contributed by atoms with Gasteiger partial charge in [0.1, 0.15) is 16.4 Å². The molecule has 0 aliphatic carbocycles. The molecule has 0 spiro atoms. The number of piperazine rings is 1. The van der Waals surface area contributed by atoms with Crippen molar-refractivity contribution < 1.29 is 9.53 Å². The van der Waals surface area contributed by atoms with Crippen molar-refractivity contribution in [1.82, 2.24) is 9.88 Å². The van der Waals surface area contributed by atoms with E-state index in [4.69, 9.17) is 22.7 Å². The summed E-state index contributed by atoms with van der Waals surface area (Å²) < 4.78 is 5.39. The Hall–Kier alpha value is -1.89. The zero-order chi connectivity index (χ0) is 16.3. The van der Waals surface area contributed by atoms with Crippen molar-refractivity contribution in [3.05, 3.63) is 23.9 Å². The second-order valence-electron chi connectivity index (χ2n) is 6.22. The molecule has 1 aromatic heterocycles. The lowest BCUT2D eigenvalue weighted by Crippen LogP contribution is -2.50. The van der Waals surface area contributed by atoms with E-state index >= 15 is 0 Å². The predicted molar refractivity (Wildman–Crippen MR) is 90.1 cm³/mol. The van der Waals surface area contributed by atoms with Gasteiger partial charge in [0.05, 0.1) is 0 Å². The Bertz CT molecular complexity index is 563. The Morgan fingerprint density at radius 3 is 2.50 bits per heavy atom. The topological polar surface area (TPSA) is 71.7 Å². The molecule has 1 amide bonds. The Morgan fingerprint density at radius 2 is 1.95 bits per heavy atom. The van der Waals surface area contributed by atoms with E-state index in [-0.39, 0.29) is 6.09 Å². The van der Waals surface area contributed by atoms with Gasteiger partial charge in [-0.05, 0) is 32.9 Å². The van der Waals surface area contributed by atoms with E-state index in [1.165, 1.54) is 0 Å². The Kier molecular flexibility index (Phi) is 4.85. The van der Waals surface area contributed by atoms with Crippen molar-refractivity contribution in [2.24, 2.45) is 5.73 Å². The Labute approximate surface area is 136 Å². The fourth-order valence-electron chi connectivity index (χ4n) is 2.19. The number of ether oxygens (including phenoxy) is 1. The molecule has 1 aromatic rings. The SMILES string of the molecule is CC(C)(C)OC(=O)N1CCN(c2cc(C(N)=S)ccn2)CC1. The summed E-state index contributed by atoms with van der Waals surface area (Å²) in [6, 6.07) is 3.67. The van der Waals surface area contributed by atoms with E-state index in [0.29, 0.717) is 31.2 Å². The zero-order valence-electron chi connectivity index (χ0n) is 13.2. The Morgan fingerprint density at radius 1 is 1.32 bits per heavy atom. The van der Waals surface area contributed by atoms with E-state index in [9.17, 15) is 4.79 Å². The van der Waals surface area contributed by atoms with E-state index in [1.54, 1.807) is 17.2 Å². The van der Waals surface area contributed by atoms with Crippen LogP contribution in [-0.2, 0) is 4.74 Å². The predicted octanol–water partition coefficient (Wildman–Crippen LogP) is 1.77. The summed E-state index contributed by atoms with van der Waals surface area (Å²) in [6.45, 7) is 8.21. The molecule has 22 heavy (non-hydrogen) atoms. The average molecular weight is 322 g/mol. The molecule has 0 unspecified atom stereocenters. The van der Waals surface area contributed by atoms with Crippen LogP contribution < -0.4 is 10.6 Å². The fraction of sp³-hybridized carbons (Fsp3) is 0.533. The summed E-state index contributed by atoms with van der Waals surface area (Å²) in [5.41, 5.74) is 5.98. The highest BCUT2D eigenvalue weighted by Gasteiger charge is 2.26. The second kappa shape index (κ2) is 6.48. The van der Waals surface area contributed by atoms with Gasteiger partial charge < -0.3 is 20.3 Å². The zero-order valence-corrected chi connectivity index (χ0v) is 14.0. The number of nitrogens with zero attached hydrogens (tertiary/aromatic N) is 3. The summed E-state index contributed by atoms with van der Waals surface area (Å²) in [5.74, 6) is 0.828. The number of hydrogen-bond acceptors (Lipinski definition) is 5. The molecule has 0 atom stereocenters. The quantitative estimate of drug-likeness (QED) is 0.837. The molecule has 0 saturated carbocycles. The molecule has 1 fully saturated rings. The number of carbonyl (C=O) groups is 1. The summed E-state index contributed by atoms with van der Waals surface area (Å²) in [5, 5.41) is 0. The molecule has 2 N–H and O–H groups in total.